The number of aromatic amines is 1. The Labute approximate surface area is 151 Å². The van der Waals surface area contributed by atoms with Crippen LogP contribution in [0.4, 0.5) is 0 Å². The van der Waals surface area contributed by atoms with Crippen molar-refractivity contribution in [2.75, 3.05) is 6.54 Å². The molecule has 132 valence electrons. The first kappa shape index (κ1) is 16.5. The highest BCUT2D eigenvalue weighted by molar-refractivity contribution is 5.88. The fraction of sp³-hybridized carbons (Fsp3) is 0.286. The zero-order valence-electron chi connectivity index (χ0n) is 14.5. The van der Waals surface area contributed by atoms with Crippen LogP contribution >= 0.6 is 0 Å². The van der Waals surface area contributed by atoms with Crippen LogP contribution in [-0.2, 0) is 17.6 Å². The van der Waals surface area contributed by atoms with Gasteiger partial charge in [-0.2, -0.15) is 5.10 Å². The molecule has 1 saturated heterocycles. The number of fused-ring (bicyclic) bond motifs is 1. The maximum absolute atomic E-state index is 12.9. The largest absolute Gasteiger partial charge is 0.339 e. The fourth-order valence-electron chi connectivity index (χ4n) is 3.81. The molecule has 4 rings (SSSR count). The Morgan fingerprint density at radius 3 is 2.62 bits per heavy atom. The normalized spacial score (nSPS) is 16.9. The van der Waals surface area contributed by atoms with E-state index < -0.39 is 0 Å². The molecule has 5 heteroatoms. The average molecular weight is 347 g/mol. The lowest BCUT2D eigenvalue weighted by atomic mass is 10.0. The number of nitrogens with one attached hydrogen (secondary N) is 1. The number of hydrogen-bond donors (Lipinski definition) is 1. The van der Waals surface area contributed by atoms with Crippen molar-refractivity contribution >= 4 is 16.7 Å². The highest BCUT2D eigenvalue weighted by Crippen LogP contribution is 2.23. The number of aromatic nitrogens is 2. The molecule has 0 saturated carbocycles. The minimum atomic E-state index is -0.222. The number of H-pyrrole nitrogens is 1. The lowest BCUT2D eigenvalue weighted by molar-refractivity contribution is -0.131. The van der Waals surface area contributed by atoms with Crippen LogP contribution in [0.2, 0.25) is 0 Å². The first-order valence-corrected chi connectivity index (χ1v) is 9.02. The van der Waals surface area contributed by atoms with E-state index in [1.807, 2.05) is 41.3 Å². The van der Waals surface area contributed by atoms with Crippen molar-refractivity contribution in [2.24, 2.45) is 0 Å². The number of carbonyl (C=O) groups is 1. The zero-order chi connectivity index (χ0) is 17.9. The number of hydrogen-bond acceptors (Lipinski definition) is 3. The van der Waals surface area contributed by atoms with Crippen molar-refractivity contribution in [3.05, 3.63) is 76.2 Å². The van der Waals surface area contributed by atoms with Gasteiger partial charge in [0.2, 0.25) is 5.91 Å². The van der Waals surface area contributed by atoms with Crippen molar-refractivity contribution in [3.63, 3.8) is 0 Å². The lowest BCUT2D eigenvalue weighted by Gasteiger charge is -2.25. The topological polar surface area (TPSA) is 66.1 Å². The van der Waals surface area contributed by atoms with Crippen LogP contribution in [0.5, 0.6) is 0 Å². The minimum Gasteiger partial charge on any atom is -0.339 e. The van der Waals surface area contributed by atoms with E-state index >= 15 is 0 Å². The summed E-state index contributed by atoms with van der Waals surface area (Å²) in [7, 11) is 0. The molecule has 1 unspecified atom stereocenters. The molecule has 26 heavy (non-hydrogen) atoms. The van der Waals surface area contributed by atoms with Crippen LogP contribution in [-0.4, -0.2) is 33.6 Å². The summed E-state index contributed by atoms with van der Waals surface area (Å²) >= 11 is 0. The van der Waals surface area contributed by atoms with E-state index in [2.05, 4.69) is 22.3 Å². The van der Waals surface area contributed by atoms with Gasteiger partial charge in [-0.1, -0.05) is 48.5 Å². The molecular formula is C21H21N3O2. The number of carbonyl (C=O) groups excluding carboxylic acids is 1. The van der Waals surface area contributed by atoms with E-state index in [-0.39, 0.29) is 23.9 Å². The summed E-state index contributed by atoms with van der Waals surface area (Å²) in [5, 5.41) is 7.99. The van der Waals surface area contributed by atoms with Gasteiger partial charge >= 0.3 is 0 Å². The minimum absolute atomic E-state index is 0.0770. The number of likely N-dealkylation sites (tertiary alicyclic amines) is 1. The van der Waals surface area contributed by atoms with Gasteiger partial charge < -0.3 is 4.90 Å². The Morgan fingerprint density at radius 2 is 1.81 bits per heavy atom. The molecule has 1 amide bonds. The Morgan fingerprint density at radius 1 is 1.08 bits per heavy atom. The summed E-state index contributed by atoms with van der Waals surface area (Å²) < 4.78 is 0. The number of benzene rings is 2. The molecule has 0 aliphatic carbocycles. The third-order valence-corrected chi connectivity index (χ3v) is 5.11. The summed E-state index contributed by atoms with van der Waals surface area (Å²) in [6, 6.07) is 17.8. The fourth-order valence-corrected chi connectivity index (χ4v) is 3.81. The molecule has 1 atom stereocenters. The van der Waals surface area contributed by atoms with Gasteiger partial charge in [-0.15, -0.1) is 0 Å². The molecule has 2 heterocycles. The van der Waals surface area contributed by atoms with E-state index in [1.54, 1.807) is 6.07 Å². The molecule has 1 aromatic heterocycles. The van der Waals surface area contributed by atoms with Gasteiger partial charge in [-0.05, 0) is 30.9 Å². The van der Waals surface area contributed by atoms with Crippen LogP contribution in [0, 0.1) is 0 Å². The van der Waals surface area contributed by atoms with Crippen LogP contribution in [0.1, 0.15) is 24.1 Å². The molecule has 1 aliphatic rings. The second-order valence-electron chi connectivity index (χ2n) is 6.79. The Bertz CT molecular complexity index is 981. The van der Waals surface area contributed by atoms with Crippen molar-refractivity contribution in [3.8, 4) is 0 Å². The summed E-state index contributed by atoms with van der Waals surface area (Å²) in [4.78, 5) is 26.8. The quantitative estimate of drug-likeness (QED) is 0.789. The van der Waals surface area contributed by atoms with Gasteiger partial charge in [-0.25, -0.2) is 5.10 Å². The van der Waals surface area contributed by atoms with E-state index in [9.17, 15) is 9.59 Å². The SMILES string of the molecule is O=C(Cc1n[nH]c(=O)c2ccccc12)N1CCCC1Cc1ccccc1. The molecular weight excluding hydrogens is 326 g/mol. The number of rotatable bonds is 4. The number of amides is 1. The van der Waals surface area contributed by atoms with Gasteiger partial charge in [0, 0.05) is 18.0 Å². The van der Waals surface area contributed by atoms with E-state index in [0.717, 1.165) is 31.2 Å². The highest BCUT2D eigenvalue weighted by Gasteiger charge is 2.29. The molecule has 1 N–H and O–H groups in total. The second kappa shape index (κ2) is 7.12. The average Bonchev–Trinajstić information content (AvgIpc) is 3.13. The Balaban J connectivity index is 1.54. The maximum Gasteiger partial charge on any atom is 0.272 e. The van der Waals surface area contributed by atoms with Gasteiger partial charge in [0.25, 0.3) is 5.56 Å². The van der Waals surface area contributed by atoms with Gasteiger partial charge in [-0.3, -0.25) is 9.59 Å². The summed E-state index contributed by atoms with van der Waals surface area (Å²) in [5.41, 5.74) is 1.67. The summed E-state index contributed by atoms with van der Waals surface area (Å²) in [5.74, 6) is 0.0770. The monoisotopic (exact) mass is 347 g/mol. The molecule has 1 fully saturated rings. The van der Waals surface area contributed by atoms with Gasteiger partial charge in [0.1, 0.15) is 0 Å². The molecule has 0 spiro atoms. The van der Waals surface area contributed by atoms with Crippen LogP contribution in [0.15, 0.2) is 59.4 Å². The molecule has 3 aromatic rings. The van der Waals surface area contributed by atoms with E-state index in [0.29, 0.717) is 11.1 Å². The Kier molecular flexibility index (Phi) is 4.52. The smallest absolute Gasteiger partial charge is 0.272 e. The van der Waals surface area contributed by atoms with Crippen LogP contribution in [0.25, 0.3) is 10.8 Å². The van der Waals surface area contributed by atoms with E-state index in [1.165, 1.54) is 5.56 Å². The van der Waals surface area contributed by atoms with Crippen LogP contribution in [0.3, 0.4) is 0 Å². The van der Waals surface area contributed by atoms with Gasteiger partial charge in [0.05, 0.1) is 17.5 Å². The van der Waals surface area contributed by atoms with Crippen molar-refractivity contribution < 1.29 is 4.79 Å². The first-order chi connectivity index (χ1) is 12.7. The molecule has 0 radical (unpaired) electrons. The van der Waals surface area contributed by atoms with Crippen molar-refractivity contribution in [1.82, 2.24) is 15.1 Å². The standard InChI is InChI=1S/C21H21N3O2/c25-20(14-19-17-10-4-5-11-18(17)21(26)23-22-19)24-12-6-9-16(24)13-15-7-2-1-3-8-15/h1-5,7-8,10-11,16H,6,9,12-14H2,(H,23,26). The van der Waals surface area contributed by atoms with Crippen LogP contribution < -0.4 is 5.56 Å². The third kappa shape index (κ3) is 3.25. The second-order valence-corrected chi connectivity index (χ2v) is 6.79. The zero-order valence-corrected chi connectivity index (χ0v) is 14.5. The lowest BCUT2D eigenvalue weighted by Crippen LogP contribution is -2.38. The predicted molar refractivity (Wildman–Crippen MR) is 101 cm³/mol. The third-order valence-electron chi connectivity index (χ3n) is 5.11. The summed E-state index contributed by atoms with van der Waals surface area (Å²) in [6.07, 6.45) is 3.15. The summed E-state index contributed by atoms with van der Waals surface area (Å²) in [6.45, 7) is 0.789. The van der Waals surface area contributed by atoms with Crippen molar-refractivity contribution in [2.45, 2.75) is 31.7 Å². The first-order valence-electron chi connectivity index (χ1n) is 9.02. The van der Waals surface area contributed by atoms with Gasteiger partial charge in [0.15, 0.2) is 0 Å². The molecule has 0 bridgehead atoms. The van der Waals surface area contributed by atoms with Crippen molar-refractivity contribution in [1.29, 1.82) is 0 Å². The highest BCUT2D eigenvalue weighted by atomic mass is 16.2. The Hall–Kier alpha value is -2.95. The molecule has 2 aromatic carbocycles. The predicted octanol–water partition coefficient (Wildman–Crippen LogP) is 2.70. The maximum atomic E-state index is 12.9. The molecule has 5 nitrogen and oxygen atoms in total. The molecule has 1 aliphatic heterocycles. The number of nitrogens with zero attached hydrogens (tertiary/aromatic N) is 2. The van der Waals surface area contributed by atoms with E-state index in [4.69, 9.17) is 0 Å².